The summed E-state index contributed by atoms with van der Waals surface area (Å²) >= 11 is 0. The minimum Gasteiger partial charge on any atom is -0.460 e. The van der Waals surface area contributed by atoms with E-state index >= 15 is 0 Å². The normalized spacial score (nSPS) is 14.2. The Morgan fingerprint density at radius 2 is 1.93 bits per heavy atom. The van der Waals surface area contributed by atoms with Gasteiger partial charge in [-0.2, -0.15) is 0 Å². The SMILES string of the molecule is [2H][C@H](CC(=O)OC(C)(C)C)c1ccccc1. The van der Waals surface area contributed by atoms with Gasteiger partial charge in [-0.1, -0.05) is 30.3 Å². The summed E-state index contributed by atoms with van der Waals surface area (Å²) in [7, 11) is 0. The van der Waals surface area contributed by atoms with E-state index in [0.717, 1.165) is 5.56 Å². The minimum atomic E-state index is -0.545. The van der Waals surface area contributed by atoms with Gasteiger partial charge in [-0.15, -0.1) is 0 Å². The first-order chi connectivity index (χ1) is 7.38. The third kappa shape index (κ3) is 5.21. The molecule has 0 saturated heterocycles. The maximum atomic E-state index is 11.5. The largest absolute Gasteiger partial charge is 0.460 e. The van der Waals surface area contributed by atoms with Gasteiger partial charge in [0.05, 0.1) is 0 Å². The molecule has 1 rings (SSSR count). The van der Waals surface area contributed by atoms with Crippen molar-refractivity contribution in [2.24, 2.45) is 0 Å². The van der Waals surface area contributed by atoms with Crippen LogP contribution in [0.15, 0.2) is 30.3 Å². The molecule has 0 unspecified atom stereocenters. The molecule has 0 heterocycles. The number of esters is 1. The van der Waals surface area contributed by atoms with Crippen LogP contribution >= 0.6 is 0 Å². The van der Waals surface area contributed by atoms with E-state index in [-0.39, 0.29) is 12.4 Å². The molecule has 2 heteroatoms. The van der Waals surface area contributed by atoms with E-state index in [9.17, 15) is 4.79 Å². The molecule has 1 atom stereocenters. The molecule has 0 fully saturated rings. The molecule has 0 radical (unpaired) electrons. The summed E-state index contributed by atoms with van der Waals surface area (Å²) in [6, 6.07) is 9.33. The third-order valence-corrected chi connectivity index (χ3v) is 1.72. The van der Waals surface area contributed by atoms with Crippen LogP contribution in [0.25, 0.3) is 0 Å². The highest BCUT2D eigenvalue weighted by atomic mass is 16.6. The maximum absolute atomic E-state index is 11.5. The van der Waals surface area contributed by atoms with E-state index < -0.39 is 12.0 Å². The van der Waals surface area contributed by atoms with Crippen molar-refractivity contribution in [2.45, 2.75) is 39.2 Å². The van der Waals surface area contributed by atoms with Gasteiger partial charge in [0, 0.05) is 7.79 Å². The van der Waals surface area contributed by atoms with Crippen molar-refractivity contribution in [2.75, 3.05) is 0 Å². The number of carbonyl (C=O) groups excluding carboxylic acids is 1. The molecule has 0 aromatic heterocycles. The summed E-state index contributed by atoms with van der Waals surface area (Å²) in [5.41, 5.74) is 0.362. The van der Waals surface area contributed by atoms with Gasteiger partial charge in [-0.3, -0.25) is 4.79 Å². The second-order valence-electron chi connectivity index (χ2n) is 4.41. The van der Waals surface area contributed by atoms with Gasteiger partial charge in [0.1, 0.15) is 5.60 Å². The number of ether oxygens (including phenoxy) is 1. The Labute approximate surface area is 92.7 Å². The Kier molecular flexibility index (Phi) is 3.38. The lowest BCUT2D eigenvalue weighted by atomic mass is 10.1. The molecule has 0 aliphatic carbocycles. The van der Waals surface area contributed by atoms with Crippen molar-refractivity contribution in [3.63, 3.8) is 0 Å². The Morgan fingerprint density at radius 3 is 2.47 bits per heavy atom. The molecule has 0 amide bonds. The summed E-state index contributed by atoms with van der Waals surface area (Å²) in [5, 5.41) is 0. The molecular weight excluding hydrogens is 188 g/mol. The number of aryl methyl sites for hydroxylation is 1. The first-order valence-corrected chi connectivity index (χ1v) is 5.07. The number of hydrogen-bond donors (Lipinski definition) is 0. The molecule has 0 aliphatic heterocycles. The van der Waals surface area contributed by atoms with Gasteiger partial charge in [0.15, 0.2) is 0 Å². The van der Waals surface area contributed by atoms with Crippen molar-refractivity contribution in [3.8, 4) is 0 Å². The molecule has 2 nitrogen and oxygen atoms in total. The first-order valence-electron chi connectivity index (χ1n) is 5.65. The van der Waals surface area contributed by atoms with Gasteiger partial charge in [0.25, 0.3) is 0 Å². The van der Waals surface area contributed by atoms with E-state index in [1.807, 2.05) is 51.1 Å². The van der Waals surface area contributed by atoms with Crippen molar-refractivity contribution in [1.82, 2.24) is 0 Å². The summed E-state index contributed by atoms with van der Waals surface area (Å²) in [5.74, 6) is -0.323. The fourth-order valence-corrected chi connectivity index (χ4v) is 1.17. The van der Waals surface area contributed by atoms with Crippen LogP contribution in [0.5, 0.6) is 0 Å². The van der Waals surface area contributed by atoms with Gasteiger partial charge >= 0.3 is 5.97 Å². The average Bonchev–Trinajstić information content (AvgIpc) is 2.16. The number of carbonyl (C=O) groups is 1. The maximum Gasteiger partial charge on any atom is 0.306 e. The van der Waals surface area contributed by atoms with Crippen LogP contribution in [-0.4, -0.2) is 11.6 Å². The van der Waals surface area contributed by atoms with E-state index in [1.54, 1.807) is 0 Å². The second kappa shape index (κ2) is 4.96. The fourth-order valence-electron chi connectivity index (χ4n) is 1.17. The van der Waals surface area contributed by atoms with Crippen LogP contribution in [-0.2, 0) is 15.9 Å². The van der Waals surface area contributed by atoms with E-state index in [1.165, 1.54) is 0 Å². The van der Waals surface area contributed by atoms with Crippen LogP contribution < -0.4 is 0 Å². The summed E-state index contributed by atoms with van der Waals surface area (Å²) in [6.45, 7) is 5.48. The van der Waals surface area contributed by atoms with Gasteiger partial charge < -0.3 is 4.74 Å². The summed E-state index contributed by atoms with van der Waals surface area (Å²) in [4.78, 5) is 11.5. The molecule has 0 spiro atoms. The lowest BCUT2D eigenvalue weighted by molar-refractivity contribution is -0.154. The predicted molar refractivity (Wildman–Crippen MR) is 60.6 cm³/mol. The Bertz CT molecular complexity index is 341. The predicted octanol–water partition coefficient (Wildman–Crippen LogP) is 2.96. The van der Waals surface area contributed by atoms with Gasteiger partial charge in [-0.25, -0.2) is 0 Å². The molecular formula is C13H18O2. The Balaban J connectivity index is 2.52. The van der Waals surface area contributed by atoms with Crippen molar-refractivity contribution in [3.05, 3.63) is 35.9 Å². The number of hydrogen-bond acceptors (Lipinski definition) is 2. The molecule has 1 aromatic carbocycles. The molecule has 0 N–H and O–H groups in total. The van der Waals surface area contributed by atoms with Crippen LogP contribution in [0.3, 0.4) is 0 Å². The zero-order chi connectivity index (χ0) is 12.2. The quantitative estimate of drug-likeness (QED) is 0.712. The zero-order valence-corrected chi connectivity index (χ0v) is 9.49. The van der Waals surface area contributed by atoms with E-state index in [4.69, 9.17) is 6.11 Å². The molecule has 15 heavy (non-hydrogen) atoms. The topological polar surface area (TPSA) is 26.3 Å². The van der Waals surface area contributed by atoms with Gasteiger partial charge in [-0.05, 0) is 32.7 Å². The Morgan fingerprint density at radius 1 is 1.33 bits per heavy atom. The van der Waals surface area contributed by atoms with Crippen LogP contribution in [0, 0.1) is 0 Å². The lowest BCUT2D eigenvalue weighted by Crippen LogP contribution is -2.23. The lowest BCUT2D eigenvalue weighted by Gasteiger charge is -2.19. The monoisotopic (exact) mass is 207 g/mol. The van der Waals surface area contributed by atoms with Gasteiger partial charge in [0.2, 0.25) is 0 Å². The first kappa shape index (κ1) is 10.2. The van der Waals surface area contributed by atoms with E-state index in [0.29, 0.717) is 0 Å². The van der Waals surface area contributed by atoms with Crippen molar-refractivity contribution in [1.29, 1.82) is 0 Å². The van der Waals surface area contributed by atoms with E-state index in [2.05, 4.69) is 0 Å². The highest BCUT2D eigenvalue weighted by molar-refractivity contribution is 5.70. The highest BCUT2D eigenvalue weighted by Crippen LogP contribution is 2.10. The van der Waals surface area contributed by atoms with Crippen molar-refractivity contribution >= 4 is 5.97 Å². The smallest absolute Gasteiger partial charge is 0.306 e. The summed E-state index contributed by atoms with van der Waals surface area (Å²) in [6.07, 6.45) is -0.447. The molecule has 0 bridgehead atoms. The Hall–Kier alpha value is -1.31. The van der Waals surface area contributed by atoms with Crippen molar-refractivity contribution < 1.29 is 10.9 Å². The number of rotatable bonds is 3. The molecule has 0 saturated carbocycles. The summed E-state index contributed by atoms with van der Waals surface area (Å²) < 4.78 is 13.0. The second-order valence-corrected chi connectivity index (χ2v) is 4.41. The average molecular weight is 207 g/mol. The molecule has 82 valence electrons. The third-order valence-electron chi connectivity index (χ3n) is 1.72. The van der Waals surface area contributed by atoms with Crippen LogP contribution in [0.1, 0.15) is 34.1 Å². The fraction of sp³-hybridized carbons (Fsp3) is 0.462. The highest BCUT2D eigenvalue weighted by Gasteiger charge is 2.15. The molecule has 1 aromatic rings. The molecule has 0 aliphatic rings. The van der Waals surface area contributed by atoms with Crippen LogP contribution in [0.2, 0.25) is 0 Å². The van der Waals surface area contributed by atoms with Crippen LogP contribution in [0.4, 0.5) is 0 Å². The standard InChI is InChI=1S/C13H18O2/c1-13(2,3)15-12(14)10-9-11-7-5-4-6-8-11/h4-8H,9-10H2,1-3H3/i9D/t9-/m1/s1. The number of benzene rings is 1. The minimum absolute atomic E-state index is 0.0985. The zero-order valence-electron chi connectivity index (χ0n) is 10.5.